The van der Waals surface area contributed by atoms with E-state index in [1.54, 1.807) is 6.33 Å². The van der Waals surface area contributed by atoms with Crippen LogP contribution in [0.4, 0.5) is 5.82 Å². The van der Waals surface area contributed by atoms with Crippen LogP contribution in [0.15, 0.2) is 29.0 Å². The van der Waals surface area contributed by atoms with E-state index in [2.05, 4.69) is 65.8 Å². The van der Waals surface area contributed by atoms with Crippen LogP contribution in [-0.2, 0) is 0 Å². The molecule has 0 saturated carbocycles. The molecule has 132 valence electrons. The number of aromatic nitrogens is 3. The van der Waals surface area contributed by atoms with Gasteiger partial charge in [-0.25, -0.2) is 9.97 Å². The fourth-order valence-electron chi connectivity index (χ4n) is 3.72. The zero-order valence-corrected chi connectivity index (χ0v) is 16.0. The summed E-state index contributed by atoms with van der Waals surface area (Å²) in [5.41, 5.74) is 1.93. The van der Waals surface area contributed by atoms with E-state index in [1.165, 1.54) is 0 Å². The van der Waals surface area contributed by atoms with Crippen molar-refractivity contribution in [1.29, 1.82) is 0 Å². The van der Waals surface area contributed by atoms with Gasteiger partial charge < -0.3 is 15.0 Å². The number of hydrogen-bond acceptors (Lipinski definition) is 5. The maximum Gasteiger partial charge on any atom is 0.143 e. The molecule has 3 heterocycles. The van der Waals surface area contributed by atoms with Crippen LogP contribution in [0.2, 0.25) is 0 Å². The summed E-state index contributed by atoms with van der Waals surface area (Å²) in [7, 11) is 0. The minimum atomic E-state index is -0.299. The van der Waals surface area contributed by atoms with Gasteiger partial charge in [0.2, 0.25) is 0 Å². The fraction of sp³-hybridized carbons (Fsp3) is 0.444. The number of anilines is 1. The molecular weight excluding hydrogens is 382 g/mol. The molecule has 4 rings (SSSR count). The molecule has 1 aromatic carbocycles. The van der Waals surface area contributed by atoms with Crippen LogP contribution in [0.25, 0.3) is 21.9 Å². The quantitative estimate of drug-likeness (QED) is 0.703. The second-order valence-corrected chi connectivity index (χ2v) is 7.79. The van der Waals surface area contributed by atoms with Crippen molar-refractivity contribution in [2.45, 2.75) is 26.0 Å². The number of rotatable bonds is 3. The molecule has 2 N–H and O–H groups in total. The zero-order valence-electron chi connectivity index (χ0n) is 14.4. The summed E-state index contributed by atoms with van der Waals surface area (Å²) in [6.45, 7) is 7.48. The normalized spacial score (nSPS) is 20.5. The van der Waals surface area contributed by atoms with Crippen LogP contribution < -0.4 is 4.90 Å². The van der Waals surface area contributed by atoms with Crippen molar-refractivity contribution >= 4 is 43.7 Å². The predicted molar refractivity (Wildman–Crippen MR) is 104 cm³/mol. The van der Waals surface area contributed by atoms with Crippen LogP contribution >= 0.6 is 15.9 Å². The van der Waals surface area contributed by atoms with Crippen molar-refractivity contribution in [3.63, 3.8) is 0 Å². The van der Waals surface area contributed by atoms with Crippen molar-refractivity contribution in [1.82, 2.24) is 19.9 Å². The highest BCUT2D eigenvalue weighted by molar-refractivity contribution is 9.10. The minimum Gasteiger partial charge on any atom is -0.392 e. The van der Waals surface area contributed by atoms with Crippen LogP contribution in [0.1, 0.15) is 13.8 Å². The third kappa shape index (κ3) is 3.12. The Morgan fingerprint density at radius 2 is 2.20 bits per heavy atom. The van der Waals surface area contributed by atoms with Gasteiger partial charge >= 0.3 is 0 Å². The first-order valence-corrected chi connectivity index (χ1v) is 9.41. The average molecular weight is 404 g/mol. The van der Waals surface area contributed by atoms with E-state index >= 15 is 0 Å². The number of aliphatic hydroxyl groups is 1. The Balaban J connectivity index is 1.71. The van der Waals surface area contributed by atoms with Gasteiger partial charge in [-0.05, 0) is 26.0 Å². The van der Waals surface area contributed by atoms with Crippen molar-refractivity contribution in [2.24, 2.45) is 0 Å². The predicted octanol–water partition coefficient (Wildman–Crippen LogP) is 2.76. The van der Waals surface area contributed by atoms with Crippen molar-refractivity contribution in [2.75, 3.05) is 31.1 Å². The number of H-pyrrole nitrogens is 1. The summed E-state index contributed by atoms with van der Waals surface area (Å²) in [5, 5.41) is 11.9. The number of halogens is 1. The molecule has 1 aliphatic rings. The lowest BCUT2D eigenvalue weighted by Gasteiger charge is -2.41. The number of β-amino-alcohol motifs (C(OH)–C–C–N with tert-alkyl or cyclic N) is 1. The molecule has 25 heavy (non-hydrogen) atoms. The lowest BCUT2D eigenvalue weighted by atomic mass is 10.1. The number of hydrogen-bond donors (Lipinski definition) is 2. The summed E-state index contributed by atoms with van der Waals surface area (Å²) in [5.74, 6) is 0.988. The van der Waals surface area contributed by atoms with E-state index in [-0.39, 0.29) is 6.10 Å². The number of piperazine rings is 1. The van der Waals surface area contributed by atoms with E-state index in [1.807, 2.05) is 6.92 Å². The maximum absolute atomic E-state index is 9.68. The van der Waals surface area contributed by atoms with Gasteiger partial charge in [0.05, 0.1) is 11.5 Å². The highest BCUT2D eigenvalue weighted by atomic mass is 79.9. The number of benzene rings is 1. The highest BCUT2D eigenvalue weighted by Gasteiger charge is 2.27. The molecule has 7 heteroatoms. The molecule has 2 atom stereocenters. The third-order valence-corrected chi connectivity index (χ3v) is 5.39. The lowest BCUT2D eigenvalue weighted by Crippen LogP contribution is -2.53. The first kappa shape index (κ1) is 16.8. The van der Waals surface area contributed by atoms with Crippen molar-refractivity contribution < 1.29 is 5.11 Å². The van der Waals surface area contributed by atoms with Gasteiger partial charge in [0, 0.05) is 47.6 Å². The Bertz CT molecular complexity index is 909. The molecule has 1 saturated heterocycles. The molecule has 3 aromatic rings. The van der Waals surface area contributed by atoms with E-state index in [0.29, 0.717) is 6.04 Å². The summed E-state index contributed by atoms with van der Waals surface area (Å²) in [4.78, 5) is 17.1. The fourth-order valence-corrected chi connectivity index (χ4v) is 4.08. The van der Waals surface area contributed by atoms with Gasteiger partial charge in [-0.3, -0.25) is 4.90 Å². The van der Waals surface area contributed by atoms with Gasteiger partial charge in [0.15, 0.2) is 0 Å². The van der Waals surface area contributed by atoms with Crippen LogP contribution in [-0.4, -0.2) is 63.3 Å². The minimum absolute atomic E-state index is 0.299. The molecule has 0 radical (unpaired) electrons. The molecule has 1 aliphatic heterocycles. The number of nitrogens with one attached hydrogen (secondary N) is 1. The number of aromatic amines is 1. The summed E-state index contributed by atoms with van der Waals surface area (Å²) < 4.78 is 1.04. The Hall–Kier alpha value is -1.70. The van der Waals surface area contributed by atoms with Crippen molar-refractivity contribution in [3.05, 3.63) is 29.0 Å². The Morgan fingerprint density at radius 1 is 1.36 bits per heavy atom. The molecule has 0 bridgehead atoms. The topological polar surface area (TPSA) is 68.3 Å². The summed E-state index contributed by atoms with van der Waals surface area (Å²) in [6.07, 6.45) is 1.33. The molecule has 1 fully saturated rings. The Labute approximate surface area is 155 Å². The summed E-state index contributed by atoms with van der Waals surface area (Å²) in [6, 6.07) is 6.60. The largest absolute Gasteiger partial charge is 0.392 e. The molecule has 2 aromatic heterocycles. The van der Waals surface area contributed by atoms with E-state index < -0.39 is 0 Å². The summed E-state index contributed by atoms with van der Waals surface area (Å²) >= 11 is 3.53. The van der Waals surface area contributed by atoms with Gasteiger partial charge in [-0.15, -0.1) is 0 Å². The first-order chi connectivity index (χ1) is 12.0. The number of aliphatic hydroxyl groups excluding tert-OH is 1. The SMILES string of the molecule is CC(O)CN1CCN(c2ncnc3[nH]c4cc(Br)ccc4c23)CC1C. The van der Waals surface area contributed by atoms with E-state index in [9.17, 15) is 5.11 Å². The van der Waals surface area contributed by atoms with E-state index in [0.717, 1.165) is 58.4 Å². The molecular formula is C18H22BrN5O. The number of fused-ring (bicyclic) bond motifs is 3. The first-order valence-electron chi connectivity index (χ1n) is 8.62. The second kappa shape index (κ2) is 6.55. The third-order valence-electron chi connectivity index (χ3n) is 4.89. The zero-order chi connectivity index (χ0) is 17.6. The molecule has 0 aliphatic carbocycles. The van der Waals surface area contributed by atoms with Gasteiger partial charge in [-0.1, -0.05) is 22.0 Å². The lowest BCUT2D eigenvalue weighted by molar-refractivity contribution is 0.0959. The van der Waals surface area contributed by atoms with Crippen molar-refractivity contribution in [3.8, 4) is 0 Å². The monoisotopic (exact) mass is 403 g/mol. The highest BCUT2D eigenvalue weighted by Crippen LogP contribution is 2.33. The molecule has 2 unspecified atom stereocenters. The maximum atomic E-state index is 9.68. The molecule has 0 spiro atoms. The molecule has 0 amide bonds. The average Bonchev–Trinajstić information content (AvgIpc) is 2.93. The van der Waals surface area contributed by atoms with Gasteiger partial charge in [0.25, 0.3) is 0 Å². The standard InChI is InChI=1S/C18H22BrN5O/c1-11-8-24(6-5-23(11)9-12(2)25)18-16-14-4-3-13(19)7-15(14)22-17(16)20-10-21-18/h3-4,7,10-12,25H,5-6,8-9H2,1-2H3,(H,20,21,22). The molecule has 6 nitrogen and oxygen atoms in total. The van der Waals surface area contributed by atoms with Gasteiger partial charge in [-0.2, -0.15) is 0 Å². The van der Waals surface area contributed by atoms with Crippen LogP contribution in [0.5, 0.6) is 0 Å². The smallest absolute Gasteiger partial charge is 0.143 e. The Morgan fingerprint density at radius 3 is 2.96 bits per heavy atom. The van der Waals surface area contributed by atoms with Gasteiger partial charge in [0.1, 0.15) is 17.8 Å². The van der Waals surface area contributed by atoms with E-state index in [4.69, 9.17) is 0 Å². The van der Waals surface area contributed by atoms with Crippen LogP contribution in [0, 0.1) is 0 Å². The van der Waals surface area contributed by atoms with Crippen LogP contribution in [0.3, 0.4) is 0 Å². The number of nitrogens with zero attached hydrogens (tertiary/aromatic N) is 4. The Kier molecular flexibility index (Phi) is 4.39. The second-order valence-electron chi connectivity index (χ2n) is 6.87.